The Bertz CT molecular complexity index is 647. The van der Waals surface area contributed by atoms with Gasteiger partial charge in [0.25, 0.3) is 0 Å². The van der Waals surface area contributed by atoms with Crippen LogP contribution in [0, 0.1) is 25.4 Å². The number of hydrogen-bond donors (Lipinski definition) is 1. The molecule has 0 saturated heterocycles. The second-order valence-electron chi connectivity index (χ2n) is 4.38. The fourth-order valence-corrected chi connectivity index (χ4v) is 2.40. The Morgan fingerprint density at radius 1 is 1.17 bits per heavy atom. The van der Waals surface area contributed by atoms with Gasteiger partial charge in [-0.15, -0.1) is 0 Å². The highest BCUT2D eigenvalue weighted by Gasteiger charge is 2.11. The molecular weight excluding hydrogens is 244 g/mol. The normalized spacial score (nSPS) is 10.4. The van der Waals surface area contributed by atoms with E-state index >= 15 is 0 Å². The standard InChI is InChI=1S/C14H16N2OS/c1-8-5-9(2)14(12(6-8)17-4)11-7-13(18)16-10(3)15-11/h5-7H,1-4H3,(H,15,16,18). The van der Waals surface area contributed by atoms with Crippen molar-refractivity contribution in [2.24, 2.45) is 0 Å². The molecule has 0 amide bonds. The van der Waals surface area contributed by atoms with Crippen molar-refractivity contribution in [2.45, 2.75) is 20.8 Å². The van der Waals surface area contributed by atoms with Crippen molar-refractivity contribution >= 4 is 12.2 Å². The number of nitrogens with one attached hydrogen (secondary N) is 1. The van der Waals surface area contributed by atoms with E-state index in [1.54, 1.807) is 7.11 Å². The summed E-state index contributed by atoms with van der Waals surface area (Å²) < 4.78 is 6.05. The fraction of sp³-hybridized carbons (Fsp3) is 0.286. The molecule has 4 heteroatoms. The van der Waals surface area contributed by atoms with Crippen molar-refractivity contribution in [1.29, 1.82) is 0 Å². The number of aromatic amines is 1. The zero-order chi connectivity index (χ0) is 13.3. The number of aromatic nitrogens is 2. The quantitative estimate of drug-likeness (QED) is 0.836. The molecule has 2 rings (SSSR count). The molecule has 0 aliphatic rings. The molecule has 3 nitrogen and oxygen atoms in total. The van der Waals surface area contributed by atoms with Crippen LogP contribution in [0.15, 0.2) is 18.2 Å². The van der Waals surface area contributed by atoms with Gasteiger partial charge in [0.1, 0.15) is 16.2 Å². The van der Waals surface area contributed by atoms with E-state index in [0.29, 0.717) is 4.64 Å². The van der Waals surface area contributed by atoms with Gasteiger partial charge in [-0.25, -0.2) is 4.98 Å². The zero-order valence-electron chi connectivity index (χ0n) is 11.0. The zero-order valence-corrected chi connectivity index (χ0v) is 11.8. The number of aryl methyl sites for hydroxylation is 3. The van der Waals surface area contributed by atoms with Gasteiger partial charge in [0, 0.05) is 5.56 Å². The molecule has 18 heavy (non-hydrogen) atoms. The fourth-order valence-electron chi connectivity index (χ4n) is 2.15. The lowest BCUT2D eigenvalue weighted by atomic mass is 10.0. The van der Waals surface area contributed by atoms with Gasteiger partial charge in [0.05, 0.1) is 12.8 Å². The molecule has 0 atom stereocenters. The van der Waals surface area contributed by atoms with Crippen LogP contribution in [-0.2, 0) is 0 Å². The lowest BCUT2D eigenvalue weighted by Gasteiger charge is -2.13. The maximum Gasteiger partial charge on any atom is 0.130 e. The third-order valence-electron chi connectivity index (χ3n) is 2.79. The summed E-state index contributed by atoms with van der Waals surface area (Å²) in [6.45, 7) is 6.02. The monoisotopic (exact) mass is 260 g/mol. The Morgan fingerprint density at radius 2 is 1.89 bits per heavy atom. The van der Waals surface area contributed by atoms with E-state index in [9.17, 15) is 0 Å². The van der Waals surface area contributed by atoms with Gasteiger partial charge in [-0.3, -0.25) is 0 Å². The first-order valence-corrected chi connectivity index (χ1v) is 6.15. The van der Waals surface area contributed by atoms with Gasteiger partial charge in [-0.1, -0.05) is 18.3 Å². The van der Waals surface area contributed by atoms with Crippen molar-refractivity contribution in [2.75, 3.05) is 7.11 Å². The number of hydrogen-bond acceptors (Lipinski definition) is 3. The van der Waals surface area contributed by atoms with Gasteiger partial charge in [0.2, 0.25) is 0 Å². The van der Waals surface area contributed by atoms with Gasteiger partial charge in [0.15, 0.2) is 0 Å². The summed E-state index contributed by atoms with van der Waals surface area (Å²) in [6, 6.07) is 6.02. The van der Waals surface area contributed by atoms with Gasteiger partial charge in [-0.05, 0) is 44.0 Å². The minimum absolute atomic E-state index is 0.586. The number of methoxy groups -OCH3 is 1. The molecule has 0 fully saturated rings. The van der Waals surface area contributed by atoms with E-state index in [1.165, 1.54) is 5.56 Å². The van der Waals surface area contributed by atoms with Crippen molar-refractivity contribution < 1.29 is 4.74 Å². The molecule has 0 aliphatic heterocycles. The van der Waals surface area contributed by atoms with Crippen LogP contribution in [0.1, 0.15) is 17.0 Å². The summed E-state index contributed by atoms with van der Waals surface area (Å²) in [7, 11) is 1.68. The maximum atomic E-state index is 5.47. The summed E-state index contributed by atoms with van der Waals surface area (Å²) in [6.07, 6.45) is 0. The van der Waals surface area contributed by atoms with E-state index in [4.69, 9.17) is 17.0 Å². The largest absolute Gasteiger partial charge is 0.496 e. The van der Waals surface area contributed by atoms with Crippen LogP contribution in [0.2, 0.25) is 0 Å². The van der Waals surface area contributed by atoms with Crippen molar-refractivity contribution in [1.82, 2.24) is 9.97 Å². The van der Waals surface area contributed by atoms with Crippen LogP contribution < -0.4 is 4.74 Å². The molecule has 1 N–H and O–H groups in total. The molecule has 0 unspecified atom stereocenters. The molecule has 0 radical (unpaired) electrons. The molecule has 94 valence electrons. The molecule has 1 aromatic carbocycles. The summed E-state index contributed by atoms with van der Waals surface area (Å²) in [5, 5.41) is 0. The van der Waals surface area contributed by atoms with Crippen LogP contribution in [0.4, 0.5) is 0 Å². The van der Waals surface area contributed by atoms with E-state index in [0.717, 1.165) is 28.4 Å². The SMILES string of the molecule is COc1cc(C)cc(C)c1-c1cc(=S)nc(C)[nH]1. The second-order valence-corrected chi connectivity index (χ2v) is 4.80. The predicted octanol–water partition coefficient (Wildman–Crippen LogP) is 3.74. The Hall–Kier alpha value is -1.68. The van der Waals surface area contributed by atoms with Crippen LogP contribution >= 0.6 is 12.2 Å². The van der Waals surface area contributed by atoms with Crippen LogP contribution in [0.3, 0.4) is 0 Å². The predicted molar refractivity (Wildman–Crippen MR) is 75.6 cm³/mol. The summed E-state index contributed by atoms with van der Waals surface area (Å²) in [5.41, 5.74) is 4.32. The topological polar surface area (TPSA) is 37.9 Å². The molecule has 0 spiro atoms. The molecule has 2 aromatic rings. The molecule has 0 bridgehead atoms. The minimum atomic E-state index is 0.586. The average molecular weight is 260 g/mol. The maximum absolute atomic E-state index is 5.47. The number of nitrogens with zero attached hydrogens (tertiary/aromatic N) is 1. The van der Waals surface area contributed by atoms with Crippen LogP contribution in [-0.4, -0.2) is 17.1 Å². The third-order valence-corrected chi connectivity index (χ3v) is 3.00. The van der Waals surface area contributed by atoms with Crippen LogP contribution in [0.5, 0.6) is 5.75 Å². The van der Waals surface area contributed by atoms with Crippen molar-refractivity contribution in [3.8, 4) is 17.0 Å². The number of rotatable bonds is 2. The summed E-state index contributed by atoms with van der Waals surface area (Å²) in [4.78, 5) is 7.42. The highest BCUT2D eigenvalue weighted by molar-refractivity contribution is 7.71. The minimum Gasteiger partial charge on any atom is -0.496 e. The first-order chi connectivity index (χ1) is 8.51. The van der Waals surface area contributed by atoms with E-state index in [1.807, 2.05) is 19.1 Å². The first-order valence-electron chi connectivity index (χ1n) is 5.75. The van der Waals surface area contributed by atoms with Crippen molar-refractivity contribution in [3.05, 3.63) is 39.8 Å². The van der Waals surface area contributed by atoms with E-state index in [-0.39, 0.29) is 0 Å². The highest BCUT2D eigenvalue weighted by Crippen LogP contribution is 2.33. The second kappa shape index (κ2) is 4.90. The number of benzene rings is 1. The molecule has 1 heterocycles. The Kier molecular flexibility index (Phi) is 3.48. The smallest absolute Gasteiger partial charge is 0.130 e. The van der Waals surface area contributed by atoms with Gasteiger partial charge in [-0.2, -0.15) is 0 Å². The van der Waals surface area contributed by atoms with E-state index < -0.39 is 0 Å². The molecule has 0 saturated carbocycles. The number of ether oxygens (including phenoxy) is 1. The molecule has 1 aromatic heterocycles. The average Bonchev–Trinajstić information content (AvgIpc) is 2.26. The highest BCUT2D eigenvalue weighted by atomic mass is 32.1. The van der Waals surface area contributed by atoms with Gasteiger partial charge >= 0.3 is 0 Å². The van der Waals surface area contributed by atoms with E-state index in [2.05, 4.69) is 29.9 Å². The third kappa shape index (κ3) is 2.43. The Morgan fingerprint density at radius 3 is 2.50 bits per heavy atom. The molecule has 0 aliphatic carbocycles. The summed E-state index contributed by atoms with van der Waals surface area (Å²) >= 11 is 5.16. The van der Waals surface area contributed by atoms with Crippen LogP contribution in [0.25, 0.3) is 11.3 Å². The Balaban J connectivity index is 2.73. The number of H-pyrrole nitrogens is 1. The lowest BCUT2D eigenvalue weighted by Crippen LogP contribution is -1.97. The molecular formula is C14H16N2OS. The first kappa shape index (κ1) is 12.8. The van der Waals surface area contributed by atoms with Crippen molar-refractivity contribution in [3.63, 3.8) is 0 Å². The summed E-state index contributed by atoms with van der Waals surface area (Å²) in [5.74, 6) is 1.66. The van der Waals surface area contributed by atoms with Gasteiger partial charge < -0.3 is 9.72 Å². The Labute approximate surface area is 112 Å². The lowest BCUT2D eigenvalue weighted by molar-refractivity contribution is 0.415.